The van der Waals surface area contributed by atoms with Crippen molar-refractivity contribution in [1.82, 2.24) is 9.55 Å². The second kappa shape index (κ2) is 7.80. The van der Waals surface area contributed by atoms with Crippen molar-refractivity contribution in [2.24, 2.45) is 0 Å². The van der Waals surface area contributed by atoms with E-state index in [4.69, 9.17) is 4.74 Å². The highest BCUT2D eigenvalue weighted by atomic mass is 28.3. The SMILES string of the molecule is CC(C)=Cc1c(F)cnc2c(C)c(CO)n(COCC[Si](C)(C)C)c12. The fraction of sp³-hybridized carbons (Fsp3) is 0.526. The lowest BCUT2D eigenvalue weighted by Crippen LogP contribution is -2.22. The van der Waals surface area contributed by atoms with Crippen molar-refractivity contribution in [3.8, 4) is 0 Å². The molecule has 4 nitrogen and oxygen atoms in total. The largest absolute Gasteiger partial charge is 0.390 e. The summed E-state index contributed by atoms with van der Waals surface area (Å²) in [4.78, 5) is 4.26. The van der Waals surface area contributed by atoms with Gasteiger partial charge in [-0.3, -0.25) is 4.98 Å². The van der Waals surface area contributed by atoms with Crippen molar-refractivity contribution in [2.75, 3.05) is 6.61 Å². The number of ether oxygens (including phenoxy) is 1. The number of nitrogens with zero attached hydrogens (tertiary/aromatic N) is 2. The lowest BCUT2D eigenvalue weighted by atomic mass is 10.1. The monoisotopic (exact) mass is 364 g/mol. The lowest BCUT2D eigenvalue weighted by molar-refractivity contribution is 0.0852. The molecule has 0 spiro atoms. The molecule has 0 saturated carbocycles. The molecule has 0 bridgehead atoms. The van der Waals surface area contributed by atoms with Gasteiger partial charge in [0.25, 0.3) is 0 Å². The maximum absolute atomic E-state index is 14.4. The second-order valence-electron chi connectivity index (χ2n) is 7.94. The van der Waals surface area contributed by atoms with Crippen LogP contribution in [0.2, 0.25) is 25.7 Å². The molecule has 0 aliphatic rings. The average molecular weight is 365 g/mol. The van der Waals surface area contributed by atoms with Gasteiger partial charge >= 0.3 is 0 Å². The molecule has 2 aromatic rings. The number of pyridine rings is 1. The molecular weight excluding hydrogens is 335 g/mol. The van der Waals surface area contributed by atoms with Crippen LogP contribution < -0.4 is 0 Å². The summed E-state index contributed by atoms with van der Waals surface area (Å²) in [6.07, 6.45) is 3.07. The van der Waals surface area contributed by atoms with Gasteiger partial charge in [-0.05, 0) is 32.4 Å². The van der Waals surface area contributed by atoms with E-state index in [1.807, 2.05) is 31.4 Å². The van der Waals surface area contributed by atoms with Crippen molar-refractivity contribution in [3.63, 3.8) is 0 Å². The zero-order valence-electron chi connectivity index (χ0n) is 16.1. The van der Waals surface area contributed by atoms with Crippen molar-refractivity contribution < 1.29 is 14.2 Å². The Morgan fingerprint density at radius 2 is 2.04 bits per heavy atom. The number of fused-ring (bicyclic) bond motifs is 1. The van der Waals surface area contributed by atoms with Gasteiger partial charge in [0.2, 0.25) is 0 Å². The summed E-state index contributed by atoms with van der Waals surface area (Å²) in [5.74, 6) is -0.362. The fourth-order valence-electron chi connectivity index (χ4n) is 2.82. The molecule has 138 valence electrons. The number of allylic oxidation sites excluding steroid dienone is 1. The predicted molar refractivity (Wildman–Crippen MR) is 104 cm³/mol. The summed E-state index contributed by atoms with van der Waals surface area (Å²) >= 11 is 0. The highest BCUT2D eigenvalue weighted by molar-refractivity contribution is 6.76. The molecule has 0 aliphatic carbocycles. The van der Waals surface area contributed by atoms with Crippen LogP contribution in [-0.2, 0) is 18.1 Å². The molecule has 0 fully saturated rings. The van der Waals surface area contributed by atoms with Gasteiger partial charge in [0.15, 0.2) is 5.82 Å². The number of aliphatic hydroxyl groups is 1. The first-order chi connectivity index (χ1) is 11.7. The number of hydrogen-bond acceptors (Lipinski definition) is 3. The Labute approximate surface area is 150 Å². The quantitative estimate of drug-likeness (QED) is 0.572. The van der Waals surface area contributed by atoms with Crippen molar-refractivity contribution in [1.29, 1.82) is 0 Å². The molecule has 0 saturated heterocycles. The molecule has 1 N–H and O–H groups in total. The van der Waals surface area contributed by atoms with Gasteiger partial charge in [-0.2, -0.15) is 0 Å². The summed E-state index contributed by atoms with van der Waals surface area (Å²) in [7, 11) is -1.17. The second-order valence-corrected chi connectivity index (χ2v) is 13.6. The normalized spacial score (nSPS) is 12.0. The Kier molecular flexibility index (Phi) is 6.19. The van der Waals surface area contributed by atoms with E-state index < -0.39 is 8.07 Å². The van der Waals surface area contributed by atoms with Crippen molar-refractivity contribution >= 4 is 25.2 Å². The van der Waals surface area contributed by atoms with Crippen LogP contribution in [0, 0.1) is 12.7 Å². The van der Waals surface area contributed by atoms with Crippen LogP contribution in [0.15, 0.2) is 11.8 Å². The Morgan fingerprint density at radius 1 is 1.36 bits per heavy atom. The van der Waals surface area contributed by atoms with Gasteiger partial charge in [-0.1, -0.05) is 31.3 Å². The van der Waals surface area contributed by atoms with Gasteiger partial charge in [0.1, 0.15) is 6.73 Å². The molecule has 0 aromatic carbocycles. The molecule has 6 heteroatoms. The minimum absolute atomic E-state index is 0.130. The molecule has 0 aliphatic heterocycles. The van der Waals surface area contributed by atoms with E-state index in [0.717, 1.165) is 22.9 Å². The standard InChI is InChI=1S/C19H29FN2O2Si/c1-13(2)9-15-16(20)10-21-18-14(3)17(11-23)22(19(15)18)12-24-7-8-25(4,5)6/h9-10,23H,7-8,11-12H2,1-6H3. The van der Waals surface area contributed by atoms with Crippen LogP contribution in [0.3, 0.4) is 0 Å². The van der Waals surface area contributed by atoms with E-state index >= 15 is 0 Å². The first kappa shape index (κ1) is 19.8. The van der Waals surface area contributed by atoms with Gasteiger partial charge in [-0.25, -0.2) is 4.39 Å². The van der Waals surface area contributed by atoms with Crippen molar-refractivity contribution in [3.05, 3.63) is 34.4 Å². The maximum atomic E-state index is 14.4. The van der Waals surface area contributed by atoms with Gasteiger partial charge in [0.05, 0.1) is 29.5 Å². The number of aromatic nitrogens is 2. The van der Waals surface area contributed by atoms with Gasteiger partial charge in [0, 0.05) is 20.2 Å². The minimum atomic E-state index is -1.17. The van der Waals surface area contributed by atoms with E-state index in [1.165, 1.54) is 6.20 Å². The van der Waals surface area contributed by atoms with Gasteiger partial charge < -0.3 is 14.4 Å². The van der Waals surface area contributed by atoms with Crippen LogP contribution in [-0.4, -0.2) is 29.3 Å². The van der Waals surface area contributed by atoms with E-state index in [2.05, 4.69) is 24.6 Å². The molecule has 25 heavy (non-hydrogen) atoms. The third-order valence-corrected chi connectivity index (χ3v) is 5.93. The summed E-state index contributed by atoms with van der Waals surface area (Å²) in [6.45, 7) is 13.5. The molecule has 2 aromatic heterocycles. The van der Waals surface area contributed by atoms with E-state index in [0.29, 0.717) is 29.9 Å². The minimum Gasteiger partial charge on any atom is -0.390 e. The van der Waals surface area contributed by atoms with E-state index in [1.54, 1.807) is 0 Å². The summed E-state index contributed by atoms with van der Waals surface area (Å²) in [5.41, 5.74) is 4.50. The molecule has 0 unspecified atom stereocenters. The Morgan fingerprint density at radius 3 is 2.60 bits per heavy atom. The number of hydrogen-bond donors (Lipinski definition) is 1. The van der Waals surface area contributed by atoms with Crippen LogP contribution in [0.4, 0.5) is 4.39 Å². The first-order valence-electron chi connectivity index (χ1n) is 8.65. The Balaban J connectivity index is 2.49. The summed E-state index contributed by atoms with van der Waals surface area (Å²) in [5, 5.41) is 9.82. The number of halogens is 1. The number of aliphatic hydroxyl groups excluding tert-OH is 1. The number of aryl methyl sites for hydroxylation is 1. The summed E-state index contributed by atoms with van der Waals surface area (Å²) in [6, 6.07) is 1.06. The zero-order valence-corrected chi connectivity index (χ0v) is 17.1. The molecular formula is C19H29FN2O2Si. The molecule has 0 atom stereocenters. The topological polar surface area (TPSA) is 47.3 Å². The third-order valence-electron chi connectivity index (χ3n) is 4.23. The Hall–Kier alpha value is -1.50. The summed E-state index contributed by atoms with van der Waals surface area (Å²) < 4.78 is 22.2. The van der Waals surface area contributed by atoms with Crippen LogP contribution in [0.1, 0.15) is 30.7 Å². The first-order valence-corrected chi connectivity index (χ1v) is 12.4. The average Bonchev–Trinajstić information content (AvgIpc) is 2.77. The number of rotatable bonds is 7. The van der Waals surface area contributed by atoms with Crippen LogP contribution in [0.5, 0.6) is 0 Å². The van der Waals surface area contributed by atoms with Crippen molar-refractivity contribution in [2.45, 2.75) is 59.8 Å². The van der Waals surface area contributed by atoms with E-state index in [-0.39, 0.29) is 12.4 Å². The molecule has 2 rings (SSSR count). The van der Waals surface area contributed by atoms with Gasteiger partial charge in [-0.15, -0.1) is 0 Å². The van der Waals surface area contributed by atoms with Crippen LogP contribution in [0.25, 0.3) is 17.1 Å². The smallest absolute Gasteiger partial charge is 0.150 e. The zero-order chi connectivity index (χ0) is 18.8. The molecule has 2 heterocycles. The maximum Gasteiger partial charge on any atom is 0.150 e. The predicted octanol–water partition coefficient (Wildman–Crippen LogP) is 4.71. The third kappa shape index (κ3) is 4.57. The van der Waals surface area contributed by atoms with E-state index in [9.17, 15) is 9.50 Å². The van der Waals surface area contributed by atoms with Crippen LogP contribution >= 0.6 is 0 Å². The highest BCUT2D eigenvalue weighted by Gasteiger charge is 2.20. The fourth-order valence-corrected chi connectivity index (χ4v) is 3.58. The highest BCUT2D eigenvalue weighted by Crippen LogP contribution is 2.30. The lowest BCUT2D eigenvalue weighted by Gasteiger charge is -2.17. The molecule has 0 radical (unpaired) electrons. The molecule has 0 amide bonds. The Bertz CT molecular complexity index is 787.